The summed E-state index contributed by atoms with van der Waals surface area (Å²) in [5.74, 6) is -1.68. The van der Waals surface area contributed by atoms with Crippen molar-refractivity contribution in [2.24, 2.45) is 5.92 Å². The molecule has 3 N–H and O–H groups in total. The number of ether oxygens (including phenoxy) is 1. The van der Waals surface area contributed by atoms with E-state index < -0.39 is 24.0 Å². The molecule has 1 atom stereocenters. The minimum atomic E-state index is -1.01. The molecule has 0 saturated heterocycles. The molecule has 2 aromatic carbocycles. The lowest BCUT2D eigenvalue weighted by Gasteiger charge is -2.20. The van der Waals surface area contributed by atoms with Crippen LogP contribution in [0.25, 0.3) is 11.1 Å². The lowest BCUT2D eigenvalue weighted by atomic mass is 9.98. The first kappa shape index (κ1) is 24.0. The molecule has 0 aliphatic heterocycles. The Morgan fingerprint density at radius 3 is 2.29 bits per heavy atom. The van der Waals surface area contributed by atoms with Gasteiger partial charge in [-0.3, -0.25) is 9.59 Å². The number of carbonyl (C=O) groups is 3. The lowest BCUT2D eigenvalue weighted by molar-refractivity contribution is -0.137. The highest BCUT2D eigenvalue weighted by molar-refractivity contribution is 5.95. The molecule has 0 spiro atoms. The average Bonchev–Trinajstić information content (AvgIpc) is 3.43. The maximum absolute atomic E-state index is 12.7. The Morgan fingerprint density at radius 2 is 1.69 bits per heavy atom. The summed E-state index contributed by atoms with van der Waals surface area (Å²) in [6, 6.07) is 15.6. The Balaban J connectivity index is 1.35. The summed E-state index contributed by atoms with van der Waals surface area (Å²) in [6.07, 6.45) is 0.316. The molecule has 1 aromatic heterocycles. The number of aromatic nitrogens is 1. The van der Waals surface area contributed by atoms with Gasteiger partial charge in [0, 0.05) is 12.0 Å². The Kier molecular flexibility index (Phi) is 7.14. The Morgan fingerprint density at radius 1 is 1.06 bits per heavy atom. The highest BCUT2D eigenvalue weighted by atomic mass is 16.5. The average molecular weight is 478 g/mol. The van der Waals surface area contributed by atoms with E-state index in [1.54, 1.807) is 0 Å². The molecule has 1 heterocycles. The fraction of sp³-hybridized carbons (Fsp3) is 0.308. The first-order chi connectivity index (χ1) is 16.8. The van der Waals surface area contributed by atoms with Gasteiger partial charge in [-0.05, 0) is 28.2 Å². The van der Waals surface area contributed by atoms with Crippen molar-refractivity contribution in [2.75, 3.05) is 6.61 Å². The van der Waals surface area contributed by atoms with Crippen LogP contribution >= 0.6 is 0 Å². The summed E-state index contributed by atoms with van der Waals surface area (Å²) >= 11 is 0. The van der Waals surface area contributed by atoms with Crippen LogP contribution in [0, 0.1) is 5.92 Å². The monoisotopic (exact) mass is 477 g/mol. The molecule has 182 valence electrons. The molecule has 9 heteroatoms. The summed E-state index contributed by atoms with van der Waals surface area (Å²) in [5.41, 5.74) is 4.83. The number of rotatable bonds is 9. The Bertz CT molecular complexity index is 1190. The Hall–Kier alpha value is -4.14. The van der Waals surface area contributed by atoms with Crippen LogP contribution in [-0.2, 0) is 16.1 Å². The van der Waals surface area contributed by atoms with Crippen LogP contribution in [0.3, 0.4) is 0 Å². The van der Waals surface area contributed by atoms with Gasteiger partial charge in [0.2, 0.25) is 0 Å². The highest BCUT2D eigenvalue weighted by Gasteiger charge is 2.29. The summed E-state index contributed by atoms with van der Waals surface area (Å²) in [4.78, 5) is 36.2. The van der Waals surface area contributed by atoms with Gasteiger partial charge in [-0.25, -0.2) is 4.79 Å². The van der Waals surface area contributed by atoms with E-state index in [1.165, 1.54) is 6.26 Å². The smallest absolute Gasteiger partial charge is 0.407 e. The summed E-state index contributed by atoms with van der Waals surface area (Å²) in [5, 5.41) is 18.2. The standard InChI is InChI=1S/C26H27N3O6/c1-15(2)22(11-24(30)31)28-25(32)21-14-35-29-23(21)12-27-26(33)34-13-20-18-9-5-3-7-16(18)17-8-4-6-10-19(17)20/h3-10,14-15,20,22H,11-13H2,1-2H3,(H,27,33)(H,28,32)(H,30,31)/t22-/m0/s1. The van der Waals surface area contributed by atoms with Crippen LogP contribution in [0.5, 0.6) is 0 Å². The fourth-order valence-electron chi connectivity index (χ4n) is 4.26. The number of hydrogen-bond acceptors (Lipinski definition) is 6. The van der Waals surface area contributed by atoms with Gasteiger partial charge < -0.3 is 25.0 Å². The molecule has 0 bridgehead atoms. The van der Waals surface area contributed by atoms with Crippen molar-refractivity contribution < 1.29 is 28.8 Å². The van der Waals surface area contributed by atoms with Crippen LogP contribution in [0.1, 0.15) is 53.4 Å². The van der Waals surface area contributed by atoms with E-state index in [0.29, 0.717) is 0 Å². The maximum Gasteiger partial charge on any atom is 0.407 e. The van der Waals surface area contributed by atoms with E-state index in [0.717, 1.165) is 22.3 Å². The summed E-state index contributed by atoms with van der Waals surface area (Å²) in [6.45, 7) is 3.72. The quantitative estimate of drug-likeness (QED) is 0.425. The van der Waals surface area contributed by atoms with E-state index in [1.807, 2.05) is 50.2 Å². The predicted octanol–water partition coefficient (Wildman–Crippen LogP) is 3.94. The molecule has 1 aliphatic rings. The van der Waals surface area contributed by atoms with Crippen molar-refractivity contribution in [3.63, 3.8) is 0 Å². The summed E-state index contributed by atoms with van der Waals surface area (Å²) in [7, 11) is 0. The molecule has 2 amide bonds. The lowest BCUT2D eigenvalue weighted by Crippen LogP contribution is -2.40. The van der Waals surface area contributed by atoms with Crippen molar-refractivity contribution in [1.82, 2.24) is 15.8 Å². The number of nitrogens with one attached hydrogen (secondary N) is 2. The topological polar surface area (TPSA) is 131 Å². The number of amides is 2. The number of carbonyl (C=O) groups excluding carboxylic acids is 2. The second kappa shape index (κ2) is 10.4. The minimum Gasteiger partial charge on any atom is -0.481 e. The third-order valence-corrected chi connectivity index (χ3v) is 6.15. The van der Waals surface area contributed by atoms with E-state index in [-0.39, 0.29) is 42.7 Å². The second-order valence-electron chi connectivity index (χ2n) is 8.78. The molecule has 9 nitrogen and oxygen atoms in total. The van der Waals surface area contributed by atoms with Gasteiger partial charge in [0.15, 0.2) is 0 Å². The number of nitrogens with zero attached hydrogens (tertiary/aromatic N) is 1. The van der Waals surface area contributed by atoms with Crippen LogP contribution in [-0.4, -0.2) is 40.9 Å². The number of benzene rings is 2. The third-order valence-electron chi connectivity index (χ3n) is 6.15. The molecule has 0 radical (unpaired) electrons. The van der Waals surface area contributed by atoms with Gasteiger partial charge in [-0.1, -0.05) is 67.5 Å². The van der Waals surface area contributed by atoms with Crippen molar-refractivity contribution in [2.45, 2.75) is 38.8 Å². The van der Waals surface area contributed by atoms with Crippen molar-refractivity contribution in [1.29, 1.82) is 0 Å². The molecule has 4 rings (SSSR count). The van der Waals surface area contributed by atoms with Crippen LogP contribution in [0.2, 0.25) is 0 Å². The number of fused-ring (bicyclic) bond motifs is 3. The molecule has 35 heavy (non-hydrogen) atoms. The van der Waals surface area contributed by atoms with Gasteiger partial charge in [-0.15, -0.1) is 0 Å². The molecule has 0 fully saturated rings. The molecule has 1 aliphatic carbocycles. The Labute approximate surface area is 202 Å². The molecule has 0 unspecified atom stereocenters. The number of alkyl carbamates (subject to hydrolysis) is 1. The first-order valence-electron chi connectivity index (χ1n) is 11.4. The zero-order valence-electron chi connectivity index (χ0n) is 19.5. The van der Waals surface area contributed by atoms with Gasteiger partial charge in [0.05, 0.1) is 13.0 Å². The van der Waals surface area contributed by atoms with Crippen LogP contribution in [0.4, 0.5) is 4.79 Å². The van der Waals surface area contributed by atoms with Crippen molar-refractivity contribution in [3.05, 3.63) is 77.2 Å². The third kappa shape index (κ3) is 5.34. The number of aliphatic carboxylic acids is 1. The normalized spacial score (nSPS) is 13.1. The largest absolute Gasteiger partial charge is 0.481 e. The van der Waals surface area contributed by atoms with Gasteiger partial charge in [-0.2, -0.15) is 0 Å². The van der Waals surface area contributed by atoms with E-state index >= 15 is 0 Å². The van der Waals surface area contributed by atoms with Crippen LogP contribution in [0.15, 0.2) is 59.3 Å². The van der Waals surface area contributed by atoms with Gasteiger partial charge >= 0.3 is 12.1 Å². The fourth-order valence-corrected chi connectivity index (χ4v) is 4.26. The predicted molar refractivity (Wildman–Crippen MR) is 127 cm³/mol. The van der Waals surface area contributed by atoms with E-state index in [9.17, 15) is 14.4 Å². The number of hydrogen-bond donors (Lipinski definition) is 3. The molecular formula is C26H27N3O6. The number of carboxylic acid groups (broad SMARTS) is 1. The minimum absolute atomic E-state index is 0.0660. The summed E-state index contributed by atoms with van der Waals surface area (Å²) < 4.78 is 10.4. The molecule has 0 saturated carbocycles. The van der Waals surface area contributed by atoms with Gasteiger partial charge in [0.1, 0.15) is 24.1 Å². The van der Waals surface area contributed by atoms with Crippen molar-refractivity contribution in [3.8, 4) is 11.1 Å². The molecule has 3 aromatic rings. The van der Waals surface area contributed by atoms with E-state index in [2.05, 4.69) is 27.9 Å². The number of carboxylic acids is 1. The first-order valence-corrected chi connectivity index (χ1v) is 11.4. The zero-order valence-corrected chi connectivity index (χ0v) is 19.5. The SMILES string of the molecule is CC(C)[C@H](CC(=O)O)NC(=O)c1conc1CNC(=O)OCC1c2ccccc2-c2ccccc21. The highest BCUT2D eigenvalue weighted by Crippen LogP contribution is 2.44. The van der Waals surface area contributed by atoms with Crippen LogP contribution < -0.4 is 10.6 Å². The molecular weight excluding hydrogens is 450 g/mol. The van der Waals surface area contributed by atoms with E-state index in [4.69, 9.17) is 14.4 Å². The zero-order chi connectivity index (χ0) is 24.9. The van der Waals surface area contributed by atoms with Crippen molar-refractivity contribution >= 4 is 18.0 Å². The maximum atomic E-state index is 12.7. The van der Waals surface area contributed by atoms with Gasteiger partial charge in [0.25, 0.3) is 5.91 Å². The second-order valence-corrected chi connectivity index (χ2v) is 8.78.